The maximum absolute atomic E-state index is 13.6. The van der Waals surface area contributed by atoms with Gasteiger partial charge in [0.05, 0.1) is 18.0 Å². The summed E-state index contributed by atoms with van der Waals surface area (Å²) in [5.41, 5.74) is 1.24. The maximum Gasteiger partial charge on any atom is 0.343 e. The number of nitrogens with one attached hydrogen (secondary N) is 1. The van der Waals surface area contributed by atoms with Gasteiger partial charge in [-0.05, 0) is 79.2 Å². The van der Waals surface area contributed by atoms with Crippen LogP contribution in [0, 0.1) is 5.82 Å². The van der Waals surface area contributed by atoms with Crippen molar-refractivity contribution in [1.29, 1.82) is 0 Å². The van der Waals surface area contributed by atoms with Gasteiger partial charge in [0, 0.05) is 5.69 Å². The van der Waals surface area contributed by atoms with Crippen molar-refractivity contribution < 1.29 is 33.0 Å². The summed E-state index contributed by atoms with van der Waals surface area (Å²) >= 11 is 0. The Morgan fingerprint density at radius 1 is 0.767 bits per heavy atom. The number of hydrogen-bond acceptors (Lipinski definition) is 6. The molecule has 1 fully saturated rings. The second kappa shape index (κ2) is 12.8. The third kappa shape index (κ3) is 6.43. The van der Waals surface area contributed by atoms with Crippen LogP contribution in [0.3, 0.4) is 0 Å². The van der Waals surface area contributed by atoms with Crippen LogP contribution in [0.15, 0.2) is 109 Å². The second-order valence-electron chi connectivity index (χ2n) is 9.28. The van der Waals surface area contributed by atoms with Crippen LogP contribution in [-0.4, -0.2) is 37.0 Å². The number of hydrogen-bond donors (Lipinski definition) is 1. The number of anilines is 3. The van der Waals surface area contributed by atoms with E-state index in [1.165, 1.54) is 30.3 Å². The van der Waals surface area contributed by atoms with E-state index in [0.717, 1.165) is 9.80 Å². The minimum absolute atomic E-state index is 0.234. The number of carbonyl (C=O) groups excluding carboxylic acids is 4. The third-order valence-electron chi connectivity index (χ3n) is 6.34. The summed E-state index contributed by atoms with van der Waals surface area (Å²) in [6.07, 6.45) is 1.39. The fraction of sp³-hybridized carbons (Fsp3) is 0.0909. The van der Waals surface area contributed by atoms with Gasteiger partial charge in [-0.15, -0.1) is 0 Å². The molecule has 5 rings (SSSR count). The van der Waals surface area contributed by atoms with Gasteiger partial charge in [-0.25, -0.2) is 19.0 Å². The van der Waals surface area contributed by atoms with Crippen molar-refractivity contribution in [3.63, 3.8) is 0 Å². The monoisotopic (exact) mass is 579 g/mol. The van der Waals surface area contributed by atoms with Crippen LogP contribution < -0.4 is 24.6 Å². The molecular formula is C33H26FN3O6. The van der Waals surface area contributed by atoms with Gasteiger partial charge in [-0.1, -0.05) is 42.5 Å². The Morgan fingerprint density at radius 2 is 1.35 bits per heavy atom. The van der Waals surface area contributed by atoms with Crippen LogP contribution in [0.1, 0.15) is 12.5 Å². The largest absolute Gasteiger partial charge is 0.490 e. The molecule has 0 saturated carbocycles. The molecule has 1 aliphatic rings. The molecule has 0 unspecified atom stereocenters. The predicted octanol–water partition coefficient (Wildman–Crippen LogP) is 5.83. The zero-order chi connectivity index (χ0) is 30.3. The third-order valence-corrected chi connectivity index (χ3v) is 6.34. The summed E-state index contributed by atoms with van der Waals surface area (Å²) in [6, 6.07) is 26.0. The molecule has 0 bridgehead atoms. The van der Waals surface area contributed by atoms with Gasteiger partial charge in [0.15, 0.2) is 18.1 Å². The van der Waals surface area contributed by atoms with Crippen molar-refractivity contribution >= 4 is 46.9 Å². The average molecular weight is 580 g/mol. The second-order valence-corrected chi connectivity index (χ2v) is 9.28. The van der Waals surface area contributed by atoms with Gasteiger partial charge in [-0.3, -0.25) is 14.4 Å². The van der Waals surface area contributed by atoms with Crippen molar-refractivity contribution in [2.75, 3.05) is 28.3 Å². The molecule has 1 N–H and O–H groups in total. The van der Waals surface area contributed by atoms with Crippen LogP contribution in [0.25, 0.3) is 6.08 Å². The molecule has 0 spiro atoms. The molecule has 0 aliphatic carbocycles. The molecule has 9 nitrogen and oxygen atoms in total. The molecule has 0 radical (unpaired) electrons. The zero-order valence-corrected chi connectivity index (χ0v) is 23.0. The lowest BCUT2D eigenvalue weighted by Crippen LogP contribution is -2.57. The van der Waals surface area contributed by atoms with Gasteiger partial charge < -0.3 is 14.8 Å². The highest BCUT2D eigenvalue weighted by Gasteiger charge is 2.43. The zero-order valence-electron chi connectivity index (χ0n) is 23.0. The van der Waals surface area contributed by atoms with Crippen LogP contribution in [0.5, 0.6) is 11.5 Å². The molecule has 0 aromatic heterocycles. The lowest BCUT2D eigenvalue weighted by Gasteiger charge is -2.33. The lowest BCUT2D eigenvalue weighted by atomic mass is 10.0. The fourth-order valence-electron chi connectivity index (χ4n) is 4.38. The standard InChI is InChI=1S/C33H26FN3O6/c1-2-42-29-20-22(13-18-28(29)43-21-30(38)35-24-16-14-23(34)15-17-24)19-27-31(39)36(25-9-5-3-6-10-25)33(41)37(32(27)40)26-11-7-4-8-12-26/h3-20H,2,21H2,1H3,(H,35,38). The summed E-state index contributed by atoms with van der Waals surface area (Å²) in [6.45, 7) is 1.69. The van der Waals surface area contributed by atoms with E-state index in [9.17, 15) is 23.6 Å². The topological polar surface area (TPSA) is 105 Å². The number of carbonyl (C=O) groups is 4. The first-order valence-electron chi connectivity index (χ1n) is 13.4. The highest BCUT2D eigenvalue weighted by Crippen LogP contribution is 2.32. The molecule has 1 aliphatic heterocycles. The number of rotatable bonds is 9. The van der Waals surface area contributed by atoms with Crippen molar-refractivity contribution in [2.24, 2.45) is 0 Å². The van der Waals surface area contributed by atoms with Gasteiger partial charge in [0.25, 0.3) is 17.7 Å². The van der Waals surface area contributed by atoms with Crippen molar-refractivity contribution in [3.05, 3.63) is 120 Å². The Bertz CT molecular complexity index is 1630. The Morgan fingerprint density at radius 3 is 1.91 bits per heavy atom. The highest BCUT2D eigenvalue weighted by atomic mass is 19.1. The number of benzene rings is 4. The number of ether oxygens (including phenoxy) is 2. The van der Waals surface area contributed by atoms with Crippen molar-refractivity contribution in [1.82, 2.24) is 0 Å². The van der Waals surface area contributed by atoms with Gasteiger partial charge in [0.1, 0.15) is 11.4 Å². The average Bonchev–Trinajstić information content (AvgIpc) is 3.01. The first-order valence-corrected chi connectivity index (χ1v) is 13.4. The van der Waals surface area contributed by atoms with E-state index in [0.29, 0.717) is 22.6 Å². The number of amides is 5. The van der Waals surface area contributed by atoms with E-state index in [-0.39, 0.29) is 30.3 Å². The Hall–Kier alpha value is -5.77. The van der Waals surface area contributed by atoms with Gasteiger partial charge in [0.2, 0.25) is 0 Å². The molecule has 216 valence electrons. The van der Waals surface area contributed by atoms with E-state index >= 15 is 0 Å². The molecule has 0 atom stereocenters. The number of nitrogens with zero attached hydrogens (tertiary/aromatic N) is 2. The van der Waals surface area contributed by atoms with Crippen LogP contribution in [-0.2, 0) is 14.4 Å². The number of imide groups is 2. The molecule has 4 aromatic carbocycles. The fourth-order valence-corrected chi connectivity index (χ4v) is 4.38. The summed E-state index contributed by atoms with van der Waals surface area (Å²) in [4.78, 5) is 55.0. The van der Waals surface area contributed by atoms with Crippen molar-refractivity contribution in [2.45, 2.75) is 6.92 Å². The van der Waals surface area contributed by atoms with Crippen LogP contribution in [0.2, 0.25) is 0 Å². The van der Waals surface area contributed by atoms with Gasteiger partial charge >= 0.3 is 6.03 Å². The lowest BCUT2D eigenvalue weighted by molar-refractivity contribution is -0.121. The van der Waals surface area contributed by atoms with Gasteiger partial charge in [-0.2, -0.15) is 0 Å². The molecule has 5 amide bonds. The molecular weight excluding hydrogens is 553 g/mol. The Labute approximate surface area is 246 Å². The first kappa shape index (κ1) is 28.7. The highest BCUT2D eigenvalue weighted by molar-refractivity contribution is 6.46. The smallest absolute Gasteiger partial charge is 0.343 e. The van der Waals surface area contributed by atoms with Crippen LogP contribution in [0.4, 0.5) is 26.2 Å². The molecule has 1 heterocycles. The Kier molecular flexibility index (Phi) is 8.57. The normalized spacial score (nSPS) is 13.2. The maximum atomic E-state index is 13.6. The van der Waals surface area contributed by atoms with E-state index in [2.05, 4.69) is 5.32 Å². The van der Waals surface area contributed by atoms with Crippen molar-refractivity contribution in [3.8, 4) is 11.5 Å². The minimum atomic E-state index is -0.790. The summed E-state index contributed by atoms with van der Waals surface area (Å²) in [5.74, 6) is -1.90. The number of urea groups is 1. The van der Waals surface area contributed by atoms with Crippen LogP contribution >= 0.6 is 0 Å². The molecule has 43 heavy (non-hydrogen) atoms. The molecule has 4 aromatic rings. The number of halogens is 1. The van der Waals surface area contributed by atoms with E-state index in [4.69, 9.17) is 9.47 Å². The van der Waals surface area contributed by atoms with E-state index < -0.39 is 29.6 Å². The van der Waals surface area contributed by atoms with E-state index in [1.807, 2.05) is 0 Å². The van der Waals surface area contributed by atoms with E-state index in [1.54, 1.807) is 85.8 Å². The summed E-state index contributed by atoms with van der Waals surface area (Å²) < 4.78 is 24.5. The molecule has 10 heteroatoms. The molecule has 1 saturated heterocycles. The SMILES string of the molecule is CCOc1cc(C=C2C(=O)N(c3ccccc3)C(=O)N(c3ccccc3)C2=O)ccc1OCC(=O)Nc1ccc(F)cc1. The first-order chi connectivity index (χ1) is 20.9. The number of para-hydroxylation sites is 2. The quantitative estimate of drug-likeness (QED) is 0.198. The summed E-state index contributed by atoms with van der Waals surface area (Å²) in [7, 11) is 0. The number of barbiturate groups is 1. The summed E-state index contributed by atoms with van der Waals surface area (Å²) in [5, 5.41) is 2.61. The minimum Gasteiger partial charge on any atom is -0.490 e. The predicted molar refractivity (Wildman–Crippen MR) is 159 cm³/mol. The Balaban J connectivity index is 1.43.